The van der Waals surface area contributed by atoms with Crippen LogP contribution in [0.25, 0.3) is 0 Å². The normalized spacial score (nSPS) is 10.4. The fourth-order valence-electron chi connectivity index (χ4n) is 1.60. The first-order valence-corrected chi connectivity index (χ1v) is 6.44. The lowest BCUT2D eigenvalue weighted by molar-refractivity contribution is 0.477. The molecule has 1 aromatic carbocycles. The van der Waals surface area contributed by atoms with Crippen molar-refractivity contribution in [2.75, 3.05) is 0 Å². The number of ether oxygens (including phenoxy) is 1. The molecule has 18 heavy (non-hydrogen) atoms. The Morgan fingerprint density at radius 1 is 1.22 bits per heavy atom. The van der Waals surface area contributed by atoms with Crippen LogP contribution in [0.1, 0.15) is 18.1 Å². The maximum Gasteiger partial charge on any atom is 0.134 e. The third-order valence-electron chi connectivity index (χ3n) is 2.65. The Kier molecular flexibility index (Phi) is 4.10. The van der Waals surface area contributed by atoms with Gasteiger partial charge in [0.25, 0.3) is 0 Å². The summed E-state index contributed by atoms with van der Waals surface area (Å²) in [5.41, 5.74) is 2.00. The highest BCUT2D eigenvalue weighted by Gasteiger charge is 2.05. The molecule has 0 aliphatic carbocycles. The van der Waals surface area contributed by atoms with E-state index >= 15 is 0 Å². The first-order chi connectivity index (χ1) is 8.60. The van der Waals surface area contributed by atoms with Gasteiger partial charge in [0.05, 0.1) is 0 Å². The molecule has 2 nitrogen and oxygen atoms in total. The van der Waals surface area contributed by atoms with Gasteiger partial charge in [-0.2, -0.15) is 0 Å². The molecule has 0 unspecified atom stereocenters. The Balaban J connectivity index is 2.31. The molecule has 1 aromatic heterocycles. The molecule has 2 aromatic rings. The van der Waals surface area contributed by atoms with Crippen molar-refractivity contribution in [3.63, 3.8) is 0 Å². The van der Waals surface area contributed by atoms with E-state index in [9.17, 15) is 0 Å². The molecule has 0 amide bonds. The third kappa shape index (κ3) is 2.95. The van der Waals surface area contributed by atoms with E-state index < -0.39 is 0 Å². The highest BCUT2D eigenvalue weighted by Crippen LogP contribution is 2.29. The van der Waals surface area contributed by atoms with Gasteiger partial charge in [-0.05, 0) is 37.1 Å². The SMILES string of the molecule is CCc1cc(Oc2cc(Cl)ncc2C)ccc1Cl. The van der Waals surface area contributed by atoms with Crippen molar-refractivity contribution >= 4 is 23.2 Å². The lowest BCUT2D eigenvalue weighted by atomic mass is 10.1. The smallest absolute Gasteiger partial charge is 0.134 e. The largest absolute Gasteiger partial charge is 0.457 e. The first-order valence-electron chi connectivity index (χ1n) is 5.68. The average Bonchev–Trinajstić information content (AvgIpc) is 2.36. The van der Waals surface area contributed by atoms with Crippen molar-refractivity contribution in [1.82, 2.24) is 4.98 Å². The van der Waals surface area contributed by atoms with Gasteiger partial charge in [0.1, 0.15) is 16.7 Å². The molecule has 0 saturated carbocycles. The monoisotopic (exact) mass is 281 g/mol. The Hall–Kier alpha value is -1.25. The number of benzene rings is 1. The van der Waals surface area contributed by atoms with Crippen molar-refractivity contribution in [2.45, 2.75) is 20.3 Å². The van der Waals surface area contributed by atoms with E-state index in [0.29, 0.717) is 10.9 Å². The van der Waals surface area contributed by atoms with Gasteiger partial charge in [-0.1, -0.05) is 30.1 Å². The number of aryl methyl sites for hydroxylation is 2. The summed E-state index contributed by atoms with van der Waals surface area (Å²) in [6.07, 6.45) is 2.56. The van der Waals surface area contributed by atoms with Gasteiger partial charge < -0.3 is 4.74 Å². The van der Waals surface area contributed by atoms with Gasteiger partial charge in [0.2, 0.25) is 0 Å². The minimum absolute atomic E-state index is 0.417. The third-order valence-corrected chi connectivity index (χ3v) is 3.22. The molecule has 2 rings (SSSR count). The maximum atomic E-state index is 6.07. The van der Waals surface area contributed by atoms with Crippen LogP contribution in [0.5, 0.6) is 11.5 Å². The molecule has 0 spiro atoms. The molecule has 0 atom stereocenters. The van der Waals surface area contributed by atoms with E-state index in [-0.39, 0.29) is 0 Å². The Bertz CT molecular complexity index is 570. The quantitative estimate of drug-likeness (QED) is 0.735. The summed E-state index contributed by atoms with van der Waals surface area (Å²) >= 11 is 11.9. The standard InChI is InChI=1S/C14H13Cl2NO/c1-3-10-6-11(4-5-12(10)15)18-13-7-14(16)17-8-9(13)2/h4-8H,3H2,1-2H3. The van der Waals surface area contributed by atoms with Crippen LogP contribution in [-0.2, 0) is 6.42 Å². The van der Waals surface area contributed by atoms with Gasteiger partial charge in [-0.25, -0.2) is 4.98 Å². The fraction of sp³-hybridized carbons (Fsp3) is 0.214. The van der Waals surface area contributed by atoms with E-state index in [4.69, 9.17) is 27.9 Å². The fourth-order valence-corrected chi connectivity index (χ4v) is 2.00. The molecular weight excluding hydrogens is 269 g/mol. The van der Waals surface area contributed by atoms with Crippen molar-refractivity contribution in [1.29, 1.82) is 0 Å². The van der Waals surface area contributed by atoms with Crippen molar-refractivity contribution < 1.29 is 4.74 Å². The van der Waals surface area contributed by atoms with E-state index in [1.165, 1.54) is 0 Å². The zero-order valence-electron chi connectivity index (χ0n) is 10.2. The second-order valence-electron chi connectivity index (χ2n) is 3.98. The molecule has 0 saturated heterocycles. The second kappa shape index (κ2) is 5.59. The molecule has 1 heterocycles. The highest BCUT2D eigenvalue weighted by atomic mass is 35.5. The predicted molar refractivity (Wildman–Crippen MR) is 74.9 cm³/mol. The van der Waals surface area contributed by atoms with Crippen LogP contribution in [0.2, 0.25) is 10.2 Å². The zero-order chi connectivity index (χ0) is 13.1. The van der Waals surface area contributed by atoms with E-state index in [0.717, 1.165) is 28.3 Å². The molecule has 0 bridgehead atoms. The van der Waals surface area contributed by atoms with Crippen molar-refractivity contribution in [3.05, 3.63) is 51.8 Å². The van der Waals surface area contributed by atoms with Gasteiger partial charge in [0, 0.05) is 22.8 Å². The molecule has 0 radical (unpaired) electrons. The summed E-state index contributed by atoms with van der Waals surface area (Å²) in [5, 5.41) is 1.18. The predicted octanol–water partition coefficient (Wildman–Crippen LogP) is 5.05. The van der Waals surface area contributed by atoms with E-state index in [2.05, 4.69) is 11.9 Å². The van der Waals surface area contributed by atoms with Gasteiger partial charge in [-0.3, -0.25) is 0 Å². The molecular formula is C14H13Cl2NO. The molecule has 0 aliphatic heterocycles. The highest BCUT2D eigenvalue weighted by molar-refractivity contribution is 6.31. The summed E-state index contributed by atoms with van der Waals surface area (Å²) in [4.78, 5) is 3.99. The van der Waals surface area contributed by atoms with Crippen LogP contribution in [0.4, 0.5) is 0 Å². The average molecular weight is 282 g/mol. The number of pyridine rings is 1. The number of hydrogen-bond donors (Lipinski definition) is 0. The van der Waals surface area contributed by atoms with Gasteiger partial charge >= 0.3 is 0 Å². The van der Waals surface area contributed by atoms with Crippen LogP contribution < -0.4 is 4.74 Å². The number of rotatable bonds is 3. The summed E-state index contributed by atoms with van der Waals surface area (Å²) in [6, 6.07) is 7.33. The second-order valence-corrected chi connectivity index (χ2v) is 4.78. The molecule has 4 heteroatoms. The van der Waals surface area contributed by atoms with Crippen LogP contribution in [0.15, 0.2) is 30.5 Å². The zero-order valence-corrected chi connectivity index (χ0v) is 11.7. The number of halogens is 2. The van der Waals surface area contributed by atoms with Crippen molar-refractivity contribution in [3.8, 4) is 11.5 Å². The van der Waals surface area contributed by atoms with Crippen LogP contribution in [0.3, 0.4) is 0 Å². The number of nitrogens with zero attached hydrogens (tertiary/aromatic N) is 1. The minimum Gasteiger partial charge on any atom is -0.457 e. The van der Waals surface area contributed by atoms with Crippen molar-refractivity contribution in [2.24, 2.45) is 0 Å². The number of hydrogen-bond acceptors (Lipinski definition) is 2. The lowest BCUT2D eigenvalue weighted by Gasteiger charge is -2.10. The Labute approximate surface area is 117 Å². The van der Waals surface area contributed by atoms with Gasteiger partial charge in [0.15, 0.2) is 0 Å². The van der Waals surface area contributed by atoms with E-state index in [1.807, 2.05) is 25.1 Å². The van der Waals surface area contributed by atoms with Crippen LogP contribution in [0, 0.1) is 6.92 Å². The number of aromatic nitrogens is 1. The summed E-state index contributed by atoms with van der Waals surface area (Å²) < 4.78 is 5.80. The van der Waals surface area contributed by atoms with Crippen LogP contribution in [-0.4, -0.2) is 4.98 Å². The lowest BCUT2D eigenvalue weighted by Crippen LogP contribution is -1.91. The maximum absolute atomic E-state index is 6.07. The summed E-state index contributed by atoms with van der Waals surface area (Å²) in [5.74, 6) is 1.46. The summed E-state index contributed by atoms with van der Waals surface area (Å²) in [6.45, 7) is 3.98. The molecule has 0 aliphatic rings. The van der Waals surface area contributed by atoms with Gasteiger partial charge in [-0.15, -0.1) is 0 Å². The molecule has 94 valence electrons. The Morgan fingerprint density at radius 3 is 2.72 bits per heavy atom. The molecule has 0 N–H and O–H groups in total. The van der Waals surface area contributed by atoms with Crippen LogP contribution >= 0.6 is 23.2 Å². The topological polar surface area (TPSA) is 22.1 Å². The summed E-state index contributed by atoms with van der Waals surface area (Å²) in [7, 11) is 0. The first kappa shape index (κ1) is 13.2. The Morgan fingerprint density at radius 2 is 2.00 bits per heavy atom. The van der Waals surface area contributed by atoms with E-state index in [1.54, 1.807) is 12.3 Å². The minimum atomic E-state index is 0.417. The molecule has 0 fully saturated rings.